The maximum Gasteiger partial charge on any atom is 0.312 e. The van der Waals surface area contributed by atoms with Gasteiger partial charge in [-0.2, -0.15) is 0 Å². The number of aliphatic hydroxyl groups is 1. The average molecular weight is 547 g/mol. The highest BCUT2D eigenvalue weighted by Crippen LogP contribution is 2.63. The zero-order chi connectivity index (χ0) is 28.5. The zero-order valence-electron chi connectivity index (χ0n) is 24.2. The second-order valence-corrected chi connectivity index (χ2v) is 11.6. The first-order chi connectivity index (χ1) is 18.8. The quantitative estimate of drug-likeness (QED) is 0.147. The number of ether oxygens (including phenoxy) is 2. The number of aliphatic hydroxyl groups excluding tert-OH is 1. The fourth-order valence-corrected chi connectivity index (χ4v) is 6.88. The van der Waals surface area contributed by atoms with Crippen LogP contribution in [0.2, 0.25) is 0 Å². The first-order valence-electron chi connectivity index (χ1n) is 15.1. The number of esters is 1. The summed E-state index contributed by atoms with van der Waals surface area (Å²) in [6, 6.07) is -0.762. The molecule has 0 saturated carbocycles. The molecule has 5 atom stereocenters. The summed E-state index contributed by atoms with van der Waals surface area (Å²) < 4.78 is 12.4. The smallest absolute Gasteiger partial charge is 0.312 e. The lowest BCUT2D eigenvalue weighted by Crippen LogP contribution is -2.56. The molecular formula is C31H50N2O6. The lowest BCUT2D eigenvalue weighted by molar-refractivity contribution is -0.160. The second kappa shape index (κ2) is 14.4. The highest BCUT2D eigenvalue weighted by Gasteiger charge is 2.78. The van der Waals surface area contributed by atoms with E-state index in [4.69, 9.17) is 14.6 Å². The van der Waals surface area contributed by atoms with Gasteiger partial charge in [-0.05, 0) is 58.3 Å². The summed E-state index contributed by atoms with van der Waals surface area (Å²) in [7, 11) is 0. The largest absolute Gasteiger partial charge is 0.465 e. The predicted molar refractivity (Wildman–Crippen MR) is 151 cm³/mol. The minimum absolute atomic E-state index is 0.111. The summed E-state index contributed by atoms with van der Waals surface area (Å²) >= 11 is 0. The number of carbonyl (C=O) groups excluding carboxylic acids is 3. The number of fused-ring (bicyclic) bond motifs is 1. The summed E-state index contributed by atoms with van der Waals surface area (Å²) in [4.78, 5) is 45.3. The summed E-state index contributed by atoms with van der Waals surface area (Å²) in [6.07, 6.45) is 13.3. The molecule has 3 heterocycles. The van der Waals surface area contributed by atoms with Crippen molar-refractivity contribution < 1.29 is 29.0 Å². The molecule has 0 aromatic heterocycles. The van der Waals surface area contributed by atoms with Crippen LogP contribution in [0.4, 0.5) is 0 Å². The second-order valence-electron chi connectivity index (χ2n) is 11.6. The van der Waals surface area contributed by atoms with Crippen molar-refractivity contribution in [3.05, 3.63) is 25.3 Å². The molecule has 3 aliphatic rings. The fourth-order valence-electron chi connectivity index (χ4n) is 6.88. The van der Waals surface area contributed by atoms with Gasteiger partial charge in [0.05, 0.1) is 18.1 Å². The van der Waals surface area contributed by atoms with Gasteiger partial charge in [-0.15, -0.1) is 13.2 Å². The number of nitrogens with zero attached hydrogens (tertiary/aromatic N) is 2. The highest BCUT2D eigenvalue weighted by atomic mass is 16.6. The maximum atomic E-state index is 14.2. The molecule has 3 fully saturated rings. The molecule has 220 valence electrons. The Labute approximate surface area is 234 Å². The van der Waals surface area contributed by atoms with Gasteiger partial charge in [0.2, 0.25) is 11.8 Å². The van der Waals surface area contributed by atoms with E-state index in [0.717, 1.165) is 64.2 Å². The number of likely N-dealkylation sites (tertiary alicyclic amines) is 1. The Hall–Kier alpha value is -2.19. The van der Waals surface area contributed by atoms with Crippen molar-refractivity contribution in [1.29, 1.82) is 0 Å². The molecule has 2 amide bonds. The molecule has 3 saturated heterocycles. The minimum atomic E-state index is -1.02. The zero-order valence-corrected chi connectivity index (χ0v) is 24.2. The summed E-state index contributed by atoms with van der Waals surface area (Å²) in [5, 5.41) is 9.14. The monoisotopic (exact) mass is 546 g/mol. The van der Waals surface area contributed by atoms with Crippen LogP contribution in [0.5, 0.6) is 0 Å². The van der Waals surface area contributed by atoms with Crippen molar-refractivity contribution in [3.8, 4) is 0 Å². The van der Waals surface area contributed by atoms with Gasteiger partial charge < -0.3 is 24.4 Å². The minimum Gasteiger partial charge on any atom is -0.465 e. The molecule has 2 unspecified atom stereocenters. The molecule has 8 nitrogen and oxygen atoms in total. The van der Waals surface area contributed by atoms with Gasteiger partial charge in [0, 0.05) is 26.2 Å². The topological polar surface area (TPSA) is 96.4 Å². The third-order valence-corrected chi connectivity index (χ3v) is 8.81. The number of rotatable bonds is 19. The van der Waals surface area contributed by atoms with Gasteiger partial charge in [0.25, 0.3) is 0 Å². The molecule has 2 bridgehead atoms. The molecule has 0 radical (unpaired) electrons. The van der Waals surface area contributed by atoms with E-state index in [1.165, 1.54) is 0 Å². The van der Waals surface area contributed by atoms with Crippen molar-refractivity contribution in [1.82, 2.24) is 9.80 Å². The van der Waals surface area contributed by atoms with Gasteiger partial charge in [0.15, 0.2) is 0 Å². The van der Waals surface area contributed by atoms with Crippen LogP contribution in [0, 0.1) is 11.8 Å². The van der Waals surface area contributed by atoms with Gasteiger partial charge in [-0.1, -0.05) is 44.8 Å². The number of allylic oxidation sites excluding steroid dienone is 1. The van der Waals surface area contributed by atoms with Crippen molar-refractivity contribution in [2.24, 2.45) is 11.8 Å². The Kier molecular flexibility index (Phi) is 11.6. The van der Waals surface area contributed by atoms with E-state index >= 15 is 0 Å². The summed E-state index contributed by atoms with van der Waals surface area (Å²) in [5.41, 5.74) is -1.85. The Morgan fingerprint density at radius 3 is 2.56 bits per heavy atom. The van der Waals surface area contributed by atoms with Crippen molar-refractivity contribution >= 4 is 17.8 Å². The summed E-state index contributed by atoms with van der Waals surface area (Å²) in [6.45, 7) is 13.5. The van der Waals surface area contributed by atoms with E-state index in [1.807, 2.05) is 13.0 Å². The Morgan fingerprint density at radius 2 is 1.87 bits per heavy atom. The molecule has 0 aliphatic carbocycles. The van der Waals surface area contributed by atoms with E-state index in [2.05, 4.69) is 20.1 Å². The van der Waals surface area contributed by atoms with E-state index in [1.54, 1.807) is 15.9 Å². The van der Waals surface area contributed by atoms with Crippen molar-refractivity contribution in [2.45, 2.75) is 108 Å². The fraction of sp³-hybridized carbons (Fsp3) is 0.774. The van der Waals surface area contributed by atoms with E-state index < -0.39 is 35.0 Å². The first kappa shape index (κ1) is 31.3. The van der Waals surface area contributed by atoms with Crippen molar-refractivity contribution in [3.63, 3.8) is 0 Å². The molecular weight excluding hydrogens is 496 g/mol. The van der Waals surface area contributed by atoms with Gasteiger partial charge in [0.1, 0.15) is 17.6 Å². The molecule has 3 rings (SSSR count). The molecule has 39 heavy (non-hydrogen) atoms. The number of hydrogen-bond acceptors (Lipinski definition) is 6. The number of unbranched alkanes of at least 4 members (excludes halogenated alkanes) is 7. The SMILES string of the molecule is C=CCCCCOC(=O)[C@@H]1[C@H]2C(=O)N(CCCCCCO)C(C(=O)N(CC=C)CCCCC)C23CC[C@@]1(C)O3. The van der Waals surface area contributed by atoms with Crippen LogP contribution in [0.15, 0.2) is 25.3 Å². The highest BCUT2D eigenvalue weighted by molar-refractivity contribution is 5.98. The van der Waals surface area contributed by atoms with Gasteiger partial charge in [-0.25, -0.2) is 0 Å². The van der Waals surface area contributed by atoms with Crippen LogP contribution < -0.4 is 0 Å². The lowest BCUT2D eigenvalue weighted by atomic mass is 9.66. The third kappa shape index (κ3) is 6.59. The van der Waals surface area contributed by atoms with Crippen LogP contribution in [0.3, 0.4) is 0 Å². The van der Waals surface area contributed by atoms with Crippen LogP contribution in [-0.2, 0) is 23.9 Å². The van der Waals surface area contributed by atoms with E-state index in [9.17, 15) is 14.4 Å². The average Bonchev–Trinajstić information content (AvgIpc) is 3.48. The normalized spacial score (nSPS) is 28.9. The number of hydrogen-bond donors (Lipinski definition) is 1. The van der Waals surface area contributed by atoms with E-state index in [0.29, 0.717) is 39.1 Å². The Bertz CT molecular complexity index is 877. The number of amides is 2. The Morgan fingerprint density at radius 1 is 1.10 bits per heavy atom. The molecule has 0 aromatic rings. The predicted octanol–water partition coefficient (Wildman–Crippen LogP) is 4.41. The lowest BCUT2D eigenvalue weighted by Gasteiger charge is -2.37. The standard InChI is InChI=1S/C31H50N2O6/c1-5-8-10-16-23-38-29(37)25-24-27(35)33(21-14-11-12-15-22-34)26(31(24)18-17-30(25,4)39-31)28(36)32(19-7-3)20-13-9-6-2/h5,7,24-26,34H,1,3,6,8-23H2,2,4H3/t24-,25-,26?,30+,31?/m0/s1. The van der Waals surface area contributed by atoms with Gasteiger partial charge >= 0.3 is 5.97 Å². The Balaban J connectivity index is 1.88. The molecule has 8 heteroatoms. The molecule has 1 spiro atoms. The van der Waals surface area contributed by atoms with Gasteiger partial charge in [-0.3, -0.25) is 14.4 Å². The number of carbonyl (C=O) groups is 3. The third-order valence-electron chi connectivity index (χ3n) is 8.81. The van der Waals surface area contributed by atoms with Crippen LogP contribution in [0.25, 0.3) is 0 Å². The first-order valence-corrected chi connectivity index (χ1v) is 15.1. The maximum absolute atomic E-state index is 14.2. The van der Waals surface area contributed by atoms with E-state index in [-0.39, 0.29) is 18.4 Å². The molecule has 1 N–H and O–H groups in total. The van der Waals surface area contributed by atoms with Crippen LogP contribution in [0.1, 0.15) is 90.9 Å². The summed E-state index contributed by atoms with van der Waals surface area (Å²) in [5.74, 6) is -2.11. The molecule has 3 aliphatic heterocycles. The van der Waals surface area contributed by atoms with Crippen molar-refractivity contribution in [2.75, 3.05) is 32.8 Å². The van der Waals surface area contributed by atoms with Crippen LogP contribution in [-0.4, -0.2) is 82.8 Å². The molecule has 0 aromatic carbocycles. The van der Waals surface area contributed by atoms with Crippen LogP contribution >= 0.6 is 0 Å².